The first-order valence-corrected chi connectivity index (χ1v) is 7.02. The van der Waals surface area contributed by atoms with Crippen molar-refractivity contribution in [1.82, 2.24) is 0 Å². The highest BCUT2D eigenvalue weighted by atomic mass is 16.7. The fraction of sp³-hybridized carbons (Fsp3) is 1.00. The second-order valence-corrected chi connectivity index (χ2v) is 4.29. The SMILES string of the molecule is CCCCCCCC(CC)(OCC)OCC. The van der Waals surface area contributed by atoms with Crippen LogP contribution in [0, 0.1) is 0 Å². The maximum absolute atomic E-state index is 5.80. The minimum atomic E-state index is -0.310. The van der Waals surface area contributed by atoms with E-state index in [1.165, 1.54) is 32.1 Å². The highest BCUT2D eigenvalue weighted by Crippen LogP contribution is 2.25. The maximum atomic E-state index is 5.80. The van der Waals surface area contributed by atoms with Crippen molar-refractivity contribution in [2.75, 3.05) is 13.2 Å². The summed E-state index contributed by atoms with van der Waals surface area (Å²) in [4.78, 5) is 0. The van der Waals surface area contributed by atoms with Gasteiger partial charge in [-0.3, -0.25) is 0 Å². The number of unbranched alkanes of at least 4 members (excludes halogenated alkanes) is 4. The fourth-order valence-corrected chi connectivity index (χ4v) is 2.09. The lowest BCUT2D eigenvalue weighted by Gasteiger charge is -2.32. The Morgan fingerprint density at radius 3 is 1.75 bits per heavy atom. The van der Waals surface area contributed by atoms with Crippen LogP contribution in [0.3, 0.4) is 0 Å². The zero-order valence-corrected chi connectivity index (χ0v) is 11.7. The third-order valence-electron chi connectivity index (χ3n) is 3.01. The predicted molar refractivity (Wildman–Crippen MR) is 69.7 cm³/mol. The molecule has 0 aliphatic carbocycles. The van der Waals surface area contributed by atoms with Crippen molar-refractivity contribution < 1.29 is 9.47 Å². The van der Waals surface area contributed by atoms with Crippen LogP contribution in [0.1, 0.15) is 72.6 Å². The normalized spacial score (nSPS) is 12.0. The van der Waals surface area contributed by atoms with Gasteiger partial charge in [-0.05, 0) is 26.7 Å². The predicted octanol–water partition coefficient (Wildman–Crippen LogP) is 4.53. The summed E-state index contributed by atoms with van der Waals surface area (Å²) in [5, 5.41) is 0. The molecule has 0 aromatic heterocycles. The van der Waals surface area contributed by atoms with Gasteiger partial charge in [-0.1, -0.05) is 39.5 Å². The third-order valence-corrected chi connectivity index (χ3v) is 3.01. The first kappa shape index (κ1) is 15.9. The van der Waals surface area contributed by atoms with Crippen LogP contribution in [0.4, 0.5) is 0 Å². The molecule has 0 aromatic carbocycles. The first-order chi connectivity index (χ1) is 7.74. The Labute approximate surface area is 102 Å². The number of hydrogen-bond acceptors (Lipinski definition) is 2. The molecule has 0 saturated heterocycles. The number of rotatable bonds is 11. The molecule has 98 valence electrons. The Morgan fingerprint density at radius 2 is 1.31 bits per heavy atom. The van der Waals surface area contributed by atoms with E-state index in [9.17, 15) is 0 Å². The number of hydrogen-bond donors (Lipinski definition) is 0. The smallest absolute Gasteiger partial charge is 0.167 e. The molecule has 2 nitrogen and oxygen atoms in total. The van der Waals surface area contributed by atoms with Crippen molar-refractivity contribution in [2.24, 2.45) is 0 Å². The molecule has 0 radical (unpaired) electrons. The highest BCUT2D eigenvalue weighted by Gasteiger charge is 2.28. The first-order valence-electron chi connectivity index (χ1n) is 7.02. The van der Waals surface area contributed by atoms with Crippen molar-refractivity contribution >= 4 is 0 Å². The van der Waals surface area contributed by atoms with Gasteiger partial charge in [-0.2, -0.15) is 0 Å². The summed E-state index contributed by atoms with van der Waals surface area (Å²) in [5.41, 5.74) is 0. The molecule has 2 heteroatoms. The van der Waals surface area contributed by atoms with Crippen molar-refractivity contribution in [3.05, 3.63) is 0 Å². The summed E-state index contributed by atoms with van der Waals surface area (Å²) < 4.78 is 11.6. The van der Waals surface area contributed by atoms with E-state index in [2.05, 4.69) is 13.8 Å². The lowest BCUT2D eigenvalue weighted by atomic mass is 10.0. The summed E-state index contributed by atoms with van der Waals surface area (Å²) in [6.07, 6.45) is 8.49. The van der Waals surface area contributed by atoms with Crippen LogP contribution in [0.25, 0.3) is 0 Å². The minimum absolute atomic E-state index is 0.310. The van der Waals surface area contributed by atoms with E-state index < -0.39 is 0 Å². The molecule has 0 atom stereocenters. The van der Waals surface area contributed by atoms with E-state index in [4.69, 9.17) is 9.47 Å². The molecule has 0 aliphatic heterocycles. The second kappa shape index (κ2) is 10.1. The topological polar surface area (TPSA) is 18.5 Å². The molecule has 0 bridgehead atoms. The van der Waals surface area contributed by atoms with Gasteiger partial charge in [0.25, 0.3) is 0 Å². The fourth-order valence-electron chi connectivity index (χ4n) is 2.09. The molecule has 0 aliphatic rings. The molecular formula is C14H30O2. The second-order valence-electron chi connectivity index (χ2n) is 4.29. The molecule has 0 fully saturated rings. The van der Waals surface area contributed by atoms with Gasteiger partial charge in [0.1, 0.15) is 0 Å². The van der Waals surface area contributed by atoms with Gasteiger partial charge in [0.2, 0.25) is 0 Å². The van der Waals surface area contributed by atoms with E-state index >= 15 is 0 Å². The zero-order valence-electron chi connectivity index (χ0n) is 11.7. The molecule has 0 spiro atoms. The van der Waals surface area contributed by atoms with Gasteiger partial charge >= 0.3 is 0 Å². The van der Waals surface area contributed by atoms with Gasteiger partial charge in [-0.15, -0.1) is 0 Å². The van der Waals surface area contributed by atoms with Gasteiger partial charge in [-0.25, -0.2) is 0 Å². The van der Waals surface area contributed by atoms with Gasteiger partial charge in [0.05, 0.1) is 0 Å². The van der Waals surface area contributed by atoms with Gasteiger partial charge in [0.15, 0.2) is 5.79 Å². The summed E-state index contributed by atoms with van der Waals surface area (Å²) in [6, 6.07) is 0. The lowest BCUT2D eigenvalue weighted by Crippen LogP contribution is -2.35. The van der Waals surface area contributed by atoms with E-state index in [-0.39, 0.29) is 5.79 Å². The molecule has 0 unspecified atom stereocenters. The standard InChI is InChI=1S/C14H30O2/c1-5-9-10-11-12-13-14(6-2,15-7-3)16-8-4/h5-13H2,1-4H3. The molecule has 0 amide bonds. The van der Waals surface area contributed by atoms with Crippen LogP contribution in [0.2, 0.25) is 0 Å². The van der Waals surface area contributed by atoms with Crippen LogP contribution in [-0.4, -0.2) is 19.0 Å². The average molecular weight is 230 g/mol. The Morgan fingerprint density at radius 1 is 0.750 bits per heavy atom. The summed E-state index contributed by atoms with van der Waals surface area (Å²) in [5.74, 6) is -0.310. The molecule has 16 heavy (non-hydrogen) atoms. The van der Waals surface area contributed by atoms with Crippen molar-refractivity contribution in [3.8, 4) is 0 Å². The molecule has 0 rings (SSSR count). The van der Waals surface area contributed by atoms with Crippen LogP contribution in [-0.2, 0) is 9.47 Å². The van der Waals surface area contributed by atoms with Crippen molar-refractivity contribution in [1.29, 1.82) is 0 Å². The van der Waals surface area contributed by atoms with E-state index in [0.29, 0.717) is 0 Å². The number of ether oxygens (including phenoxy) is 2. The summed E-state index contributed by atoms with van der Waals surface area (Å²) in [6.45, 7) is 9.96. The molecule has 0 saturated carbocycles. The Hall–Kier alpha value is -0.0800. The Balaban J connectivity index is 3.89. The monoisotopic (exact) mass is 230 g/mol. The van der Waals surface area contributed by atoms with Crippen molar-refractivity contribution in [3.63, 3.8) is 0 Å². The van der Waals surface area contributed by atoms with E-state index in [1.807, 2.05) is 13.8 Å². The molecule has 0 N–H and O–H groups in total. The van der Waals surface area contributed by atoms with Gasteiger partial charge < -0.3 is 9.47 Å². The van der Waals surface area contributed by atoms with Crippen LogP contribution in [0.15, 0.2) is 0 Å². The quantitative estimate of drug-likeness (QED) is 0.383. The van der Waals surface area contributed by atoms with Crippen molar-refractivity contribution in [2.45, 2.75) is 78.4 Å². The average Bonchev–Trinajstić information content (AvgIpc) is 2.29. The zero-order chi connectivity index (χ0) is 12.3. The Bertz CT molecular complexity index is 140. The molecule has 0 aromatic rings. The van der Waals surface area contributed by atoms with Gasteiger partial charge in [0, 0.05) is 19.6 Å². The highest BCUT2D eigenvalue weighted by molar-refractivity contribution is 4.68. The van der Waals surface area contributed by atoms with Crippen LogP contribution in [0.5, 0.6) is 0 Å². The van der Waals surface area contributed by atoms with Crippen LogP contribution < -0.4 is 0 Å². The Kier molecular flexibility index (Phi) is 10.0. The van der Waals surface area contributed by atoms with E-state index in [1.54, 1.807) is 0 Å². The minimum Gasteiger partial charge on any atom is -0.350 e. The molecule has 0 heterocycles. The van der Waals surface area contributed by atoms with Crippen LogP contribution >= 0.6 is 0 Å². The lowest BCUT2D eigenvalue weighted by molar-refractivity contribution is -0.239. The summed E-state index contributed by atoms with van der Waals surface area (Å²) in [7, 11) is 0. The largest absolute Gasteiger partial charge is 0.350 e. The molecular weight excluding hydrogens is 200 g/mol. The third kappa shape index (κ3) is 6.49. The van der Waals surface area contributed by atoms with E-state index in [0.717, 1.165) is 26.1 Å². The maximum Gasteiger partial charge on any atom is 0.167 e. The summed E-state index contributed by atoms with van der Waals surface area (Å²) >= 11 is 0.